The number of aryl methyl sites for hydroxylation is 1. The molecule has 0 radical (unpaired) electrons. The maximum Gasteiger partial charge on any atom is 0.251 e. The molecule has 7 heteroatoms. The van der Waals surface area contributed by atoms with E-state index in [1.54, 1.807) is 17.7 Å². The summed E-state index contributed by atoms with van der Waals surface area (Å²) < 4.78 is 1.68. The van der Waals surface area contributed by atoms with Gasteiger partial charge in [-0.3, -0.25) is 4.79 Å². The largest absolute Gasteiger partial charge is 0.394 e. The highest BCUT2D eigenvalue weighted by molar-refractivity contribution is 5.96. The molecule has 0 saturated carbocycles. The first-order valence-corrected chi connectivity index (χ1v) is 9.79. The first-order chi connectivity index (χ1) is 13.9. The molecule has 0 aliphatic carbocycles. The molecule has 1 aromatic heterocycles. The minimum absolute atomic E-state index is 0.123. The van der Waals surface area contributed by atoms with Crippen LogP contribution in [-0.4, -0.2) is 43.9 Å². The van der Waals surface area contributed by atoms with Crippen molar-refractivity contribution in [2.45, 2.75) is 40.2 Å². The second kappa shape index (κ2) is 8.96. The van der Waals surface area contributed by atoms with Crippen molar-refractivity contribution in [1.29, 1.82) is 0 Å². The standard InChI is InChI=1S/C22H27N5O2/c1-14(2)9-21-24-25-26-27(21)20-11-18(17-7-5-15(3)6-8-17)10-19(12-20)22(29)23-16(4)13-28/h5-8,10-12,14,16,28H,9,13H2,1-4H3,(H,23,29)/t16-/m0/s1. The first kappa shape index (κ1) is 20.7. The van der Waals surface area contributed by atoms with Crippen LogP contribution < -0.4 is 5.32 Å². The zero-order chi connectivity index (χ0) is 21.0. The molecule has 0 fully saturated rings. The summed E-state index contributed by atoms with van der Waals surface area (Å²) in [5.41, 5.74) is 4.28. The van der Waals surface area contributed by atoms with Crippen LogP contribution in [0.1, 0.15) is 42.5 Å². The van der Waals surface area contributed by atoms with Gasteiger partial charge in [-0.25, -0.2) is 0 Å². The highest BCUT2D eigenvalue weighted by atomic mass is 16.3. The molecule has 0 spiro atoms. The summed E-state index contributed by atoms with van der Waals surface area (Å²) in [5, 5.41) is 24.2. The third-order valence-electron chi connectivity index (χ3n) is 4.59. The highest BCUT2D eigenvalue weighted by Crippen LogP contribution is 2.25. The summed E-state index contributed by atoms with van der Waals surface area (Å²) in [4.78, 5) is 12.8. The molecule has 2 N–H and O–H groups in total. The van der Waals surface area contributed by atoms with Gasteiger partial charge in [-0.2, -0.15) is 4.68 Å². The van der Waals surface area contributed by atoms with Crippen LogP contribution in [0.25, 0.3) is 16.8 Å². The van der Waals surface area contributed by atoms with Crippen molar-refractivity contribution in [2.24, 2.45) is 5.92 Å². The van der Waals surface area contributed by atoms with Gasteiger partial charge in [0.15, 0.2) is 5.82 Å². The van der Waals surface area contributed by atoms with Crippen LogP contribution in [0.5, 0.6) is 0 Å². The topological polar surface area (TPSA) is 92.9 Å². The number of aliphatic hydroxyl groups excluding tert-OH is 1. The number of carbonyl (C=O) groups is 1. The van der Waals surface area contributed by atoms with Gasteiger partial charge in [0.25, 0.3) is 5.91 Å². The van der Waals surface area contributed by atoms with Gasteiger partial charge in [0, 0.05) is 18.0 Å². The van der Waals surface area contributed by atoms with Crippen molar-refractivity contribution < 1.29 is 9.90 Å². The van der Waals surface area contributed by atoms with Gasteiger partial charge < -0.3 is 10.4 Å². The maximum atomic E-state index is 12.8. The Labute approximate surface area is 170 Å². The van der Waals surface area contributed by atoms with E-state index in [1.807, 2.05) is 43.3 Å². The first-order valence-electron chi connectivity index (χ1n) is 9.79. The van der Waals surface area contributed by atoms with Crippen LogP contribution in [0.4, 0.5) is 0 Å². The van der Waals surface area contributed by atoms with Crippen LogP contribution in [0.2, 0.25) is 0 Å². The average Bonchev–Trinajstić information content (AvgIpc) is 3.15. The fourth-order valence-electron chi connectivity index (χ4n) is 3.03. The normalized spacial score (nSPS) is 12.2. The second-order valence-corrected chi connectivity index (χ2v) is 7.80. The van der Waals surface area contributed by atoms with Gasteiger partial charge in [-0.15, -0.1) is 5.10 Å². The Hall–Kier alpha value is -3.06. The van der Waals surface area contributed by atoms with E-state index in [-0.39, 0.29) is 18.6 Å². The highest BCUT2D eigenvalue weighted by Gasteiger charge is 2.16. The number of carbonyl (C=O) groups excluding carboxylic acids is 1. The summed E-state index contributed by atoms with van der Waals surface area (Å²) in [7, 11) is 0. The number of tetrazole rings is 1. The van der Waals surface area contributed by atoms with Crippen molar-refractivity contribution in [3.63, 3.8) is 0 Å². The fraction of sp³-hybridized carbons (Fsp3) is 0.364. The number of hydrogen-bond acceptors (Lipinski definition) is 5. The average molecular weight is 393 g/mol. The van der Waals surface area contributed by atoms with Crippen LogP contribution in [0.3, 0.4) is 0 Å². The SMILES string of the molecule is Cc1ccc(-c2cc(C(=O)N[C@@H](C)CO)cc(-n3nnnc3CC(C)C)c2)cc1. The van der Waals surface area contributed by atoms with E-state index in [2.05, 4.69) is 34.7 Å². The minimum Gasteiger partial charge on any atom is -0.394 e. The van der Waals surface area contributed by atoms with E-state index in [0.717, 1.165) is 29.1 Å². The third-order valence-corrected chi connectivity index (χ3v) is 4.59. The molecule has 7 nitrogen and oxygen atoms in total. The molecule has 1 amide bonds. The summed E-state index contributed by atoms with van der Waals surface area (Å²) in [6.45, 7) is 7.88. The molecule has 2 aromatic carbocycles. The molecule has 152 valence electrons. The van der Waals surface area contributed by atoms with Crippen LogP contribution in [0, 0.1) is 12.8 Å². The summed E-state index contributed by atoms with van der Waals surface area (Å²) in [5.74, 6) is 0.893. The molecule has 0 aliphatic rings. The van der Waals surface area contributed by atoms with Gasteiger partial charge in [0.1, 0.15) is 0 Å². The molecule has 0 aliphatic heterocycles. The maximum absolute atomic E-state index is 12.8. The Morgan fingerprint density at radius 3 is 2.48 bits per heavy atom. The number of aromatic nitrogens is 4. The minimum atomic E-state index is -0.335. The van der Waals surface area contributed by atoms with Crippen molar-refractivity contribution in [1.82, 2.24) is 25.5 Å². The number of benzene rings is 2. The summed E-state index contributed by atoms with van der Waals surface area (Å²) in [6.07, 6.45) is 0.727. The molecule has 3 aromatic rings. The molecule has 0 bridgehead atoms. The fourth-order valence-corrected chi connectivity index (χ4v) is 3.03. The molecular formula is C22H27N5O2. The molecule has 3 rings (SSSR count). The Kier molecular flexibility index (Phi) is 6.39. The number of nitrogens with one attached hydrogen (secondary N) is 1. The second-order valence-electron chi connectivity index (χ2n) is 7.80. The van der Waals surface area contributed by atoms with Gasteiger partial charge >= 0.3 is 0 Å². The van der Waals surface area contributed by atoms with E-state index in [4.69, 9.17) is 0 Å². The van der Waals surface area contributed by atoms with Gasteiger partial charge in [-0.1, -0.05) is 43.7 Å². The number of aliphatic hydroxyl groups is 1. The van der Waals surface area contributed by atoms with E-state index in [1.165, 1.54) is 5.56 Å². The van der Waals surface area contributed by atoms with E-state index < -0.39 is 0 Å². The predicted octanol–water partition coefficient (Wildman–Crippen LogP) is 2.95. The van der Waals surface area contributed by atoms with Crippen molar-refractivity contribution in [2.75, 3.05) is 6.61 Å². The molecule has 1 atom stereocenters. The zero-order valence-electron chi connectivity index (χ0n) is 17.3. The van der Waals surface area contributed by atoms with Crippen LogP contribution >= 0.6 is 0 Å². The third kappa shape index (κ3) is 5.06. The van der Waals surface area contributed by atoms with E-state index in [0.29, 0.717) is 11.5 Å². The lowest BCUT2D eigenvalue weighted by Gasteiger charge is -2.14. The van der Waals surface area contributed by atoms with E-state index >= 15 is 0 Å². The summed E-state index contributed by atoms with van der Waals surface area (Å²) in [6, 6.07) is 13.4. The number of hydrogen-bond donors (Lipinski definition) is 2. The lowest BCUT2D eigenvalue weighted by molar-refractivity contribution is 0.0922. The number of rotatable bonds is 7. The summed E-state index contributed by atoms with van der Waals surface area (Å²) >= 11 is 0. The van der Waals surface area contributed by atoms with Crippen molar-refractivity contribution in [3.8, 4) is 16.8 Å². The number of nitrogens with zero attached hydrogens (tertiary/aromatic N) is 4. The monoisotopic (exact) mass is 393 g/mol. The Morgan fingerprint density at radius 2 is 1.83 bits per heavy atom. The molecule has 0 saturated heterocycles. The molecule has 0 unspecified atom stereocenters. The number of amides is 1. The zero-order valence-corrected chi connectivity index (χ0v) is 17.3. The quantitative estimate of drug-likeness (QED) is 0.644. The van der Waals surface area contributed by atoms with Gasteiger partial charge in [0.2, 0.25) is 0 Å². The van der Waals surface area contributed by atoms with Crippen molar-refractivity contribution in [3.05, 3.63) is 59.4 Å². The Bertz CT molecular complexity index is 979. The van der Waals surface area contributed by atoms with Crippen LogP contribution in [-0.2, 0) is 6.42 Å². The smallest absolute Gasteiger partial charge is 0.251 e. The van der Waals surface area contributed by atoms with Gasteiger partial charge in [0.05, 0.1) is 12.3 Å². The lowest BCUT2D eigenvalue weighted by atomic mass is 10.0. The molecule has 1 heterocycles. The Balaban J connectivity index is 2.09. The van der Waals surface area contributed by atoms with E-state index in [9.17, 15) is 9.90 Å². The lowest BCUT2D eigenvalue weighted by Crippen LogP contribution is -2.35. The molecular weight excluding hydrogens is 366 g/mol. The predicted molar refractivity (Wildman–Crippen MR) is 112 cm³/mol. The molecule has 29 heavy (non-hydrogen) atoms. The van der Waals surface area contributed by atoms with Gasteiger partial charge in [-0.05, 0) is 59.5 Å². The van der Waals surface area contributed by atoms with Crippen molar-refractivity contribution >= 4 is 5.91 Å². The van der Waals surface area contributed by atoms with Crippen LogP contribution in [0.15, 0.2) is 42.5 Å². The Morgan fingerprint density at radius 1 is 1.10 bits per heavy atom.